The van der Waals surface area contributed by atoms with Crippen LogP contribution < -0.4 is 5.73 Å². The second kappa shape index (κ2) is 4.75. The van der Waals surface area contributed by atoms with Gasteiger partial charge in [-0.3, -0.25) is 4.79 Å². The van der Waals surface area contributed by atoms with Gasteiger partial charge in [0.1, 0.15) is 11.8 Å². The Morgan fingerprint density at radius 3 is 2.06 bits per heavy atom. The maximum Gasteiger partial charge on any atom is 0.321 e. The zero-order chi connectivity index (χ0) is 13.2. The molecule has 0 radical (unpaired) electrons. The average Bonchev–Trinajstić information content (AvgIpc) is 2.19. The van der Waals surface area contributed by atoms with Crippen molar-refractivity contribution in [1.29, 1.82) is 0 Å². The van der Waals surface area contributed by atoms with Gasteiger partial charge in [-0.15, -0.1) is 0 Å². The number of nitrogens with two attached hydrogens (primary N) is 1. The molecule has 0 aromatic heterocycles. The number of carboxylic acid groups (broad SMARTS) is 1. The minimum atomic E-state index is -1.02. The Balaban J connectivity index is 3.15. The molecule has 0 heterocycles. The highest BCUT2D eigenvalue weighted by atomic mass is 16.4. The standard InChI is InChI=1S/C13H19NO3/c1-13(2,3)10(11(14)12(16)17)8-4-6-9(15)7-5-8/h4-7,10-11,15H,14H2,1-3H3,(H,16,17)/t10?,11-/m1/s1. The molecule has 94 valence electrons. The first-order valence-corrected chi connectivity index (χ1v) is 5.51. The lowest BCUT2D eigenvalue weighted by atomic mass is 9.72. The summed E-state index contributed by atoms with van der Waals surface area (Å²) in [6, 6.07) is 5.56. The van der Waals surface area contributed by atoms with E-state index in [-0.39, 0.29) is 17.1 Å². The third-order valence-electron chi connectivity index (χ3n) is 2.83. The van der Waals surface area contributed by atoms with E-state index in [1.165, 1.54) is 0 Å². The molecule has 0 aliphatic heterocycles. The van der Waals surface area contributed by atoms with Crippen LogP contribution in [0.1, 0.15) is 32.3 Å². The van der Waals surface area contributed by atoms with Gasteiger partial charge in [-0.2, -0.15) is 0 Å². The molecular weight excluding hydrogens is 218 g/mol. The molecule has 4 N–H and O–H groups in total. The number of benzene rings is 1. The zero-order valence-corrected chi connectivity index (χ0v) is 10.3. The van der Waals surface area contributed by atoms with Crippen LogP contribution in [0.3, 0.4) is 0 Å². The van der Waals surface area contributed by atoms with Crippen LogP contribution in [0.25, 0.3) is 0 Å². The van der Waals surface area contributed by atoms with Gasteiger partial charge in [-0.05, 0) is 23.1 Å². The maximum atomic E-state index is 11.1. The smallest absolute Gasteiger partial charge is 0.321 e. The number of phenols is 1. The van der Waals surface area contributed by atoms with Gasteiger partial charge in [0.25, 0.3) is 0 Å². The molecule has 0 spiro atoms. The lowest BCUT2D eigenvalue weighted by Crippen LogP contribution is -2.42. The molecule has 0 aliphatic carbocycles. The van der Waals surface area contributed by atoms with Gasteiger partial charge in [0, 0.05) is 5.92 Å². The molecular formula is C13H19NO3. The fourth-order valence-electron chi connectivity index (χ4n) is 2.07. The fraction of sp³-hybridized carbons (Fsp3) is 0.462. The lowest BCUT2D eigenvalue weighted by molar-refractivity contribution is -0.139. The van der Waals surface area contributed by atoms with E-state index < -0.39 is 12.0 Å². The second-order valence-electron chi connectivity index (χ2n) is 5.30. The van der Waals surface area contributed by atoms with E-state index in [1.807, 2.05) is 20.8 Å². The number of carboxylic acids is 1. The molecule has 1 aromatic rings. The maximum absolute atomic E-state index is 11.1. The van der Waals surface area contributed by atoms with Crippen molar-refractivity contribution in [2.75, 3.05) is 0 Å². The number of carbonyl (C=O) groups is 1. The largest absolute Gasteiger partial charge is 0.508 e. The molecule has 0 saturated carbocycles. The van der Waals surface area contributed by atoms with E-state index >= 15 is 0 Å². The number of phenolic OH excluding ortho intramolecular Hbond substituents is 1. The van der Waals surface area contributed by atoms with Crippen molar-refractivity contribution in [3.05, 3.63) is 29.8 Å². The molecule has 17 heavy (non-hydrogen) atoms. The lowest BCUT2D eigenvalue weighted by Gasteiger charge is -2.33. The van der Waals surface area contributed by atoms with E-state index in [9.17, 15) is 9.90 Å². The van der Waals surface area contributed by atoms with Gasteiger partial charge in [0.05, 0.1) is 0 Å². The minimum absolute atomic E-state index is 0.158. The van der Waals surface area contributed by atoms with Crippen LogP contribution in [0.5, 0.6) is 5.75 Å². The van der Waals surface area contributed by atoms with Crippen molar-refractivity contribution >= 4 is 5.97 Å². The first-order chi connectivity index (χ1) is 7.73. The van der Waals surface area contributed by atoms with Crippen molar-refractivity contribution in [2.45, 2.75) is 32.7 Å². The van der Waals surface area contributed by atoms with Crippen LogP contribution in [0.4, 0.5) is 0 Å². The van der Waals surface area contributed by atoms with Gasteiger partial charge in [0.2, 0.25) is 0 Å². The molecule has 0 fully saturated rings. The third kappa shape index (κ3) is 3.20. The Bertz CT molecular complexity index is 392. The summed E-state index contributed by atoms with van der Waals surface area (Å²) < 4.78 is 0. The van der Waals surface area contributed by atoms with Crippen LogP contribution in [0.15, 0.2) is 24.3 Å². The molecule has 0 bridgehead atoms. The Kier molecular flexibility index (Phi) is 3.78. The summed E-state index contributed by atoms with van der Waals surface area (Å²) >= 11 is 0. The summed E-state index contributed by atoms with van der Waals surface area (Å²) in [5.41, 5.74) is 6.31. The summed E-state index contributed by atoms with van der Waals surface area (Å²) in [6.07, 6.45) is 0. The van der Waals surface area contributed by atoms with E-state index in [0.29, 0.717) is 0 Å². The van der Waals surface area contributed by atoms with Crippen LogP contribution in [-0.4, -0.2) is 22.2 Å². The summed E-state index contributed by atoms with van der Waals surface area (Å²) in [4.78, 5) is 11.1. The predicted molar refractivity (Wildman–Crippen MR) is 65.9 cm³/mol. The van der Waals surface area contributed by atoms with Crippen LogP contribution in [0.2, 0.25) is 0 Å². The highest BCUT2D eigenvalue weighted by Gasteiger charge is 2.35. The quantitative estimate of drug-likeness (QED) is 0.750. The Morgan fingerprint density at radius 1 is 1.24 bits per heavy atom. The fourth-order valence-corrected chi connectivity index (χ4v) is 2.07. The van der Waals surface area contributed by atoms with E-state index in [1.54, 1.807) is 24.3 Å². The first kappa shape index (κ1) is 13.5. The van der Waals surface area contributed by atoms with Crippen LogP contribution >= 0.6 is 0 Å². The number of hydrogen-bond donors (Lipinski definition) is 3. The molecule has 1 unspecified atom stereocenters. The van der Waals surface area contributed by atoms with Gasteiger partial charge in [-0.1, -0.05) is 32.9 Å². The van der Waals surface area contributed by atoms with E-state index in [0.717, 1.165) is 5.56 Å². The summed E-state index contributed by atoms with van der Waals surface area (Å²) in [5, 5.41) is 18.3. The van der Waals surface area contributed by atoms with Crippen molar-refractivity contribution in [2.24, 2.45) is 11.1 Å². The third-order valence-corrected chi connectivity index (χ3v) is 2.83. The highest BCUT2D eigenvalue weighted by molar-refractivity contribution is 5.74. The SMILES string of the molecule is CC(C)(C)C(c1ccc(O)cc1)[C@@H](N)C(=O)O. The molecule has 2 atom stereocenters. The summed E-state index contributed by atoms with van der Waals surface area (Å²) in [6.45, 7) is 5.86. The van der Waals surface area contributed by atoms with Gasteiger partial charge in [0.15, 0.2) is 0 Å². The predicted octanol–water partition coefficient (Wildman–Crippen LogP) is 1.93. The number of hydrogen-bond acceptors (Lipinski definition) is 3. The number of rotatable bonds is 3. The normalized spacial score (nSPS) is 15.3. The summed E-state index contributed by atoms with van der Waals surface area (Å²) in [7, 11) is 0. The molecule has 0 amide bonds. The molecule has 1 aromatic carbocycles. The molecule has 4 nitrogen and oxygen atoms in total. The Labute approximate surface area is 101 Å². The molecule has 0 saturated heterocycles. The van der Waals surface area contributed by atoms with Gasteiger partial charge in [-0.25, -0.2) is 0 Å². The topological polar surface area (TPSA) is 83.5 Å². The van der Waals surface area contributed by atoms with Crippen molar-refractivity contribution < 1.29 is 15.0 Å². The van der Waals surface area contributed by atoms with Gasteiger partial charge < -0.3 is 15.9 Å². The minimum Gasteiger partial charge on any atom is -0.508 e. The Morgan fingerprint density at radius 2 is 1.71 bits per heavy atom. The molecule has 1 rings (SSSR count). The molecule has 4 heteroatoms. The zero-order valence-electron chi connectivity index (χ0n) is 10.3. The highest BCUT2D eigenvalue weighted by Crippen LogP contribution is 2.37. The monoisotopic (exact) mass is 237 g/mol. The number of aromatic hydroxyl groups is 1. The molecule has 0 aliphatic rings. The van der Waals surface area contributed by atoms with E-state index in [4.69, 9.17) is 10.8 Å². The Hall–Kier alpha value is -1.55. The van der Waals surface area contributed by atoms with Crippen molar-refractivity contribution in [1.82, 2.24) is 0 Å². The second-order valence-corrected chi connectivity index (χ2v) is 5.30. The van der Waals surface area contributed by atoms with Crippen LogP contribution in [-0.2, 0) is 4.79 Å². The van der Waals surface area contributed by atoms with Gasteiger partial charge >= 0.3 is 5.97 Å². The average molecular weight is 237 g/mol. The van der Waals surface area contributed by atoms with Crippen molar-refractivity contribution in [3.63, 3.8) is 0 Å². The van der Waals surface area contributed by atoms with Crippen LogP contribution in [0, 0.1) is 5.41 Å². The number of aliphatic carboxylic acids is 1. The van der Waals surface area contributed by atoms with Crippen molar-refractivity contribution in [3.8, 4) is 5.75 Å². The van der Waals surface area contributed by atoms with E-state index in [2.05, 4.69) is 0 Å². The summed E-state index contributed by atoms with van der Waals surface area (Å²) in [5.74, 6) is -1.16. The first-order valence-electron chi connectivity index (χ1n) is 5.51.